The van der Waals surface area contributed by atoms with E-state index in [9.17, 15) is 5.26 Å². The van der Waals surface area contributed by atoms with E-state index < -0.39 is 0 Å². The van der Waals surface area contributed by atoms with Gasteiger partial charge in [0.2, 0.25) is 5.75 Å². The maximum atomic E-state index is 10.2. The third-order valence-electron chi connectivity index (χ3n) is 5.22. The van der Waals surface area contributed by atoms with E-state index in [-0.39, 0.29) is 0 Å². The number of aromatic nitrogens is 2. The maximum absolute atomic E-state index is 10.2. The molecule has 0 aliphatic heterocycles. The first-order valence-electron chi connectivity index (χ1n) is 11.1. The molecule has 0 unspecified atom stereocenters. The highest BCUT2D eigenvalue weighted by Crippen LogP contribution is 2.42. The average molecular weight is 495 g/mol. The minimum absolute atomic E-state index is 0.290. The van der Waals surface area contributed by atoms with Crippen LogP contribution in [-0.2, 0) is 0 Å². The van der Waals surface area contributed by atoms with E-state index in [1.54, 1.807) is 52.3 Å². The van der Waals surface area contributed by atoms with Crippen LogP contribution in [0.3, 0.4) is 0 Å². The van der Waals surface area contributed by atoms with Crippen LogP contribution < -0.4 is 24.3 Å². The summed E-state index contributed by atoms with van der Waals surface area (Å²) in [5, 5.41) is 14.0. The van der Waals surface area contributed by atoms with Gasteiger partial charge in [0.05, 0.1) is 39.8 Å². The number of anilines is 2. The molecule has 0 amide bonds. The smallest absolute Gasteiger partial charge is 0.203 e. The van der Waals surface area contributed by atoms with Crippen molar-refractivity contribution in [2.24, 2.45) is 5.92 Å². The number of hydrogen-bond acceptors (Lipinski definition) is 9. The van der Waals surface area contributed by atoms with Gasteiger partial charge >= 0.3 is 0 Å². The number of nitrogens with one attached hydrogen (secondary N) is 1. The Hall–Kier alpha value is -3.64. The van der Waals surface area contributed by atoms with Crippen molar-refractivity contribution in [2.75, 3.05) is 39.5 Å². The Bertz CT molecular complexity index is 1190. The van der Waals surface area contributed by atoms with Gasteiger partial charge in [0, 0.05) is 11.3 Å². The number of ether oxygens (including phenoxy) is 4. The van der Waals surface area contributed by atoms with Crippen LogP contribution in [0, 0.1) is 17.2 Å². The van der Waals surface area contributed by atoms with Crippen LogP contribution in [0.15, 0.2) is 41.6 Å². The van der Waals surface area contributed by atoms with Gasteiger partial charge in [-0.25, -0.2) is 9.97 Å². The molecule has 9 heteroatoms. The number of para-hydroxylation sites is 2. The minimum Gasteiger partial charge on any atom is -0.495 e. The van der Waals surface area contributed by atoms with Crippen molar-refractivity contribution in [3.05, 3.63) is 42.0 Å². The summed E-state index contributed by atoms with van der Waals surface area (Å²) >= 11 is 1.55. The quantitative estimate of drug-likeness (QED) is 0.257. The molecule has 8 nitrogen and oxygen atoms in total. The first-order valence-corrected chi connectivity index (χ1v) is 12.1. The summed E-state index contributed by atoms with van der Waals surface area (Å²) in [6.45, 7) is 4.35. The zero-order valence-corrected chi connectivity index (χ0v) is 21.7. The van der Waals surface area contributed by atoms with Crippen molar-refractivity contribution in [1.82, 2.24) is 9.97 Å². The molecule has 0 spiro atoms. The number of methoxy groups -OCH3 is 4. The molecule has 0 fully saturated rings. The SMILES string of the molecule is COc1ccccc1Nc1nc(SCCC(C)C)nc(-c2cc(OC)c(OC)c(OC)c2)c1C#N. The summed E-state index contributed by atoms with van der Waals surface area (Å²) in [7, 11) is 6.24. The number of rotatable bonds is 11. The molecule has 0 atom stereocenters. The van der Waals surface area contributed by atoms with Crippen LogP contribution in [-0.4, -0.2) is 44.2 Å². The van der Waals surface area contributed by atoms with Gasteiger partial charge in [-0.3, -0.25) is 0 Å². The lowest BCUT2D eigenvalue weighted by Gasteiger charge is -2.17. The van der Waals surface area contributed by atoms with Crippen LogP contribution in [0.2, 0.25) is 0 Å². The van der Waals surface area contributed by atoms with Gasteiger partial charge in [-0.05, 0) is 36.6 Å². The summed E-state index contributed by atoms with van der Waals surface area (Å²) in [5.41, 5.74) is 2.09. The topological polar surface area (TPSA) is 98.5 Å². The Balaban J connectivity index is 2.19. The lowest BCUT2D eigenvalue weighted by molar-refractivity contribution is 0.324. The Morgan fingerprint density at radius 3 is 2.17 bits per heavy atom. The van der Waals surface area contributed by atoms with Crippen molar-refractivity contribution in [3.63, 3.8) is 0 Å². The average Bonchev–Trinajstić information content (AvgIpc) is 2.87. The molecule has 0 saturated carbocycles. The normalized spacial score (nSPS) is 10.6. The standard InChI is InChI=1S/C26H30N4O4S/c1-16(2)11-12-35-26-29-23(17-13-21(32-4)24(34-6)22(14-17)33-5)18(15-27)25(30-26)28-19-9-7-8-10-20(19)31-3/h7-10,13-14,16H,11-12H2,1-6H3,(H,28,29,30). The van der Waals surface area contributed by atoms with E-state index in [0.29, 0.717) is 62.4 Å². The van der Waals surface area contributed by atoms with Crippen molar-refractivity contribution in [1.29, 1.82) is 5.26 Å². The van der Waals surface area contributed by atoms with Crippen molar-refractivity contribution in [3.8, 4) is 40.3 Å². The molecule has 184 valence electrons. The number of nitriles is 1. The van der Waals surface area contributed by atoms with Gasteiger partial charge in [0.1, 0.15) is 17.4 Å². The molecule has 1 aromatic heterocycles. The zero-order valence-electron chi connectivity index (χ0n) is 20.8. The zero-order chi connectivity index (χ0) is 25.4. The second-order valence-electron chi connectivity index (χ2n) is 7.96. The van der Waals surface area contributed by atoms with Gasteiger partial charge in [-0.15, -0.1) is 0 Å². The van der Waals surface area contributed by atoms with Gasteiger partial charge in [0.15, 0.2) is 22.5 Å². The Kier molecular flexibility index (Phi) is 9.04. The third kappa shape index (κ3) is 6.08. The monoisotopic (exact) mass is 494 g/mol. The molecule has 1 heterocycles. The summed E-state index contributed by atoms with van der Waals surface area (Å²) in [6, 6.07) is 13.3. The second-order valence-corrected chi connectivity index (χ2v) is 9.02. The highest BCUT2D eigenvalue weighted by atomic mass is 32.2. The Morgan fingerprint density at radius 2 is 1.60 bits per heavy atom. The fourth-order valence-corrected chi connectivity index (χ4v) is 4.47. The lowest BCUT2D eigenvalue weighted by atomic mass is 10.1. The number of thioether (sulfide) groups is 1. The summed E-state index contributed by atoms with van der Waals surface area (Å²) < 4.78 is 22.0. The molecule has 0 saturated heterocycles. The second kappa shape index (κ2) is 12.2. The predicted octanol–water partition coefficient (Wildman–Crippen LogP) is 5.93. The number of benzene rings is 2. The molecule has 1 N–H and O–H groups in total. The Morgan fingerprint density at radius 1 is 0.943 bits per heavy atom. The van der Waals surface area contributed by atoms with Gasteiger partial charge < -0.3 is 24.3 Å². The van der Waals surface area contributed by atoms with E-state index >= 15 is 0 Å². The highest BCUT2D eigenvalue weighted by Gasteiger charge is 2.21. The van der Waals surface area contributed by atoms with Crippen LogP contribution in [0.5, 0.6) is 23.0 Å². The van der Waals surface area contributed by atoms with Gasteiger partial charge in [-0.2, -0.15) is 5.26 Å². The first kappa shape index (κ1) is 26.0. The van der Waals surface area contributed by atoms with Crippen molar-refractivity contribution in [2.45, 2.75) is 25.4 Å². The van der Waals surface area contributed by atoms with Gasteiger partial charge in [-0.1, -0.05) is 37.7 Å². The summed E-state index contributed by atoms with van der Waals surface area (Å²) in [6.07, 6.45) is 1.02. The van der Waals surface area contributed by atoms with E-state index in [0.717, 1.165) is 12.2 Å². The highest BCUT2D eigenvalue weighted by molar-refractivity contribution is 7.99. The Labute approximate surface area is 210 Å². The molecule has 0 aliphatic carbocycles. The molecular weight excluding hydrogens is 464 g/mol. The molecule has 3 rings (SSSR count). The fraction of sp³-hybridized carbons (Fsp3) is 0.346. The predicted molar refractivity (Wildman–Crippen MR) is 138 cm³/mol. The van der Waals surface area contributed by atoms with E-state index in [1.165, 1.54) is 0 Å². The number of hydrogen-bond donors (Lipinski definition) is 1. The fourth-order valence-electron chi connectivity index (χ4n) is 3.39. The largest absolute Gasteiger partial charge is 0.495 e. The van der Waals surface area contributed by atoms with Crippen molar-refractivity contribution >= 4 is 23.3 Å². The molecular formula is C26H30N4O4S. The van der Waals surface area contributed by atoms with Crippen LogP contribution in [0.25, 0.3) is 11.3 Å². The lowest BCUT2D eigenvalue weighted by Crippen LogP contribution is -2.05. The molecule has 35 heavy (non-hydrogen) atoms. The van der Waals surface area contributed by atoms with Crippen LogP contribution in [0.1, 0.15) is 25.8 Å². The molecule has 0 bridgehead atoms. The number of nitrogens with zero attached hydrogens (tertiary/aromatic N) is 3. The first-order chi connectivity index (χ1) is 16.9. The molecule has 0 aliphatic rings. The van der Waals surface area contributed by atoms with Crippen LogP contribution in [0.4, 0.5) is 11.5 Å². The molecule has 2 aromatic carbocycles. The van der Waals surface area contributed by atoms with Crippen molar-refractivity contribution < 1.29 is 18.9 Å². The maximum Gasteiger partial charge on any atom is 0.203 e. The van der Waals surface area contributed by atoms with Crippen LogP contribution >= 0.6 is 11.8 Å². The van der Waals surface area contributed by atoms with E-state index in [4.69, 9.17) is 28.9 Å². The minimum atomic E-state index is 0.290. The van der Waals surface area contributed by atoms with E-state index in [1.807, 2.05) is 24.3 Å². The molecule has 3 aromatic rings. The third-order valence-corrected chi connectivity index (χ3v) is 6.11. The summed E-state index contributed by atoms with van der Waals surface area (Å²) in [4.78, 5) is 9.46. The molecule has 0 radical (unpaired) electrons. The van der Waals surface area contributed by atoms with Gasteiger partial charge in [0.25, 0.3) is 0 Å². The van der Waals surface area contributed by atoms with E-state index in [2.05, 4.69) is 25.2 Å². The summed E-state index contributed by atoms with van der Waals surface area (Å²) in [5.74, 6) is 3.84.